The molecule has 0 unspecified atom stereocenters. The topological polar surface area (TPSA) is 52.0 Å². The number of methoxy groups -OCH3 is 1. The monoisotopic (exact) mass is 272 g/mol. The molecule has 0 fully saturated rings. The van der Waals surface area contributed by atoms with Crippen molar-refractivity contribution < 1.29 is 4.74 Å². The summed E-state index contributed by atoms with van der Waals surface area (Å²) in [6, 6.07) is 9.99. The van der Waals surface area contributed by atoms with Gasteiger partial charge in [0, 0.05) is 13.7 Å². The van der Waals surface area contributed by atoms with Crippen molar-refractivity contribution in [1.29, 1.82) is 0 Å². The second-order valence-corrected chi connectivity index (χ2v) is 4.34. The molecule has 1 N–H and O–H groups in total. The first-order chi connectivity index (χ1) is 9.92. The standard InChI is InChI=1S/C15H20N4O/c1-20-12-11-16-10-6-5-9-15-13-17-18-19(15)14-7-3-2-4-8-14/h2-5,7-9,13,16H,6,10-12H2,1H3/b9-5+. The number of nitrogens with zero attached hydrogens (tertiary/aromatic N) is 3. The Morgan fingerprint density at radius 1 is 1.25 bits per heavy atom. The first-order valence-electron chi connectivity index (χ1n) is 6.74. The van der Waals surface area contributed by atoms with Gasteiger partial charge in [-0.1, -0.05) is 29.5 Å². The van der Waals surface area contributed by atoms with Gasteiger partial charge in [-0.15, -0.1) is 5.10 Å². The van der Waals surface area contributed by atoms with Crippen LogP contribution in [-0.2, 0) is 4.74 Å². The van der Waals surface area contributed by atoms with Crippen molar-refractivity contribution in [3.05, 3.63) is 48.3 Å². The maximum Gasteiger partial charge on any atom is 0.0868 e. The first kappa shape index (κ1) is 14.4. The molecule has 1 aromatic heterocycles. The minimum Gasteiger partial charge on any atom is -0.383 e. The van der Waals surface area contributed by atoms with Gasteiger partial charge in [0.1, 0.15) is 0 Å². The molecule has 0 saturated carbocycles. The highest BCUT2D eigenvalue weighted by atomic mass is 16.5. The van der Waals surface area contributed by atoms with Crippen LogP contribution in [-0.4, -0.2) is 41.8 Å². The van der Waals surface area contributed by atoms with Crippen LogP contribution in [0.15, 0.2) is 42.6 Å². The van der Waals surface area contributed by atoms with Crippen LogP contribution in [0.25, 0.3) is 11.8 Å². The van der Waals surface area contributed by atoms with Crippen molar-refractivity contribution in [2.45, 2.75) is 6.42 Å². The quantitative estimate of drug-likeness (QED) is 0.746. The summed E-state index contributed by atoms with van der Waals surface area (Å²) in [6.07, 6.45) is 6.90. The van der Waals surface area contributed by atoms with Crippen LogP contribution in [0, 0.1) is 0 Å². The number of para-hydroxylation sites is 1. The van der Waals surface area contributed by atoms with Crippen molar-refractivity contribution in [3.8, 4) is 5.69 Å². The third-order valence-corrected chi connectivity index (χ3v) is 2.84. The third kappa shape index (κ3) is 4.29. The van der Waals surface area contributed by atoms with E-state index in [1.807, 2.05) is 41.1 Å². The lowest BCUT2D eigenvalue weighted by molar-refractivity contribution is 0.199. The van der Waals surface area contributed by atoms with E-state index in [0.29, 0.717) is 0 Å². The number of rotatable bonds is 8. The van der Waals surface area contributed by atoms with Crippen LogP contribution in [0.4, 0.5) is 0 Å². The van der Waals surface area contributed by atoms with E-state index in [4.69, 9.17) is 4.74 Å². The molecule has 20 heavy (non-hydrogen) atoms. The number of hydrogen-bond donors (Lipinski definition) is 1. The highest BCUT2D eigenvalue weighted by Gasteiger charge is 2.01. The molecule has 0 atom stereocenters. The Morgan fingerprint density at radius 2 is 2.10 bits per heavy atom. The van der Waals surface area contributed by atoms with E-state index in [9.17, 15) is 0 Å². The summed E-state index contributed by atoms with van der Waals surface area (Å²) in [6.45, 7) is 2.56. The second kappa shape index (κ2) is 8.24. The lowest BCUT2D eigenvalue weighted by atomic mass is 10.3. The number of hydrogen-bond acceptors (Lipinski definition) is 4. The number of nitrogens with one attached hydrogen (secondary N) is 1. The van der Waals surface area contributed by atoms with E-state index < -0.39 is 0 Å². The lowest BCUT2D eigenvalue weighted by Gasteiger charge is -2.02. The molecule has 0 aliphatic carbocycles. The Hall–Kier alpha value is -1.98. The molecule has 0 amide bonds. The van der Waals surface area contributed by atoms with Gasteiger partial charge in [-0.05, 0) is 31.2 Å². The van der Waals surface area contributed by atoms with E-state index in [0.717, 1.165) is 37.5 Å². The smallest absolute Gasteiger partial charge is 0.0868 e. The normalized spacial score (nSPS) is 11.2. The van der Waals surface area contributed by atoms with Gasteiger partial charge in [-0.25, -0.2) is 4.68 Å². The van der Waals surface area contributed by atoms with Crippen molar-refractivity contribution in [3.63, 3.8) is 0 Å². The number of ether oxygens (including phenoxy) is 1. The summed E-state index contributed by atoms with van der Waals surface area (Å²) in [7, 11) is 1.71. The molecule has 0 bridgehead atoms. The van der Waals surface area contributed by atoms with Crippen LogP contribution in [0.5, 0.6) is 0 Å². The molecule has 0 saturated heterocycles. The van der Waals surface area contributed by atoms with E-state index in [2.05, 4.69) is 21.7 Å². The molecule has 0 radical (unpaired) electrons. The summed E-state index contributed by atoms with van der Waals surface area (Å²) in [5.41, 5.74) is 2.00. The van der Waals surface area contributed by atoms with Crippen molar-refractivity contribution in [1.82, 2.24) is 20.3 Å². The molecule has 5 heteroatoms. The zero-order chi connectivity index (χ0) is 14.0. The zero-order valence-corrected chi connectivity index (χ0v) is 11.7. The average molecular weight is 272 g/mol. The van der Waals surface area contributed by atoms with Crippen LogP contribution < -0.4 is 5.32 Å². The van der Waals surface area contributed by atoms with Gasteiger partial charge in [0.05, 0.1) is 24.2 Å². The minimum atomic E-state index is 0.744. The molecule has 0 spiro atoms. The maximum absolute atomic E-state index is 4.97. The lowest BCUT2D eigenvalue weighted by Crippen LogP contribution is -2.19. The van der Waals surface area contributed by atoms with Gasteiger partial charge < -0.3 is 10.1 Å². The van der Waals surface area contributed by atoms with E-state index >= 15 is 0 Å². The Balaban J connectivity index is 1.86. The summed E-state index contributed by atoms with van der Waals surface area (Å²) in [5, 5.41) is 11.4. The van der Waals surface area contributed by atoms with Crippen molar-refractivity contribution in [2.75, 3.05) is 26.8 Å². The number of benzene rings is 1. The fourth-order valence-corrected chi connectivity index (χ4v) is 1.82. The van der Waals surface area contributed by atoms with E-state index in [-0.39, 0.29) is 0 Å². The Kier molecular flexibility index (Phi) is 5.95. The van der Waals surface area contributed by atoms with Crippen LogP contribution >= 0.6 is 0 Å². The Bertz CT molecular complexity index is 522. The second-order valence-electron chi connectivity index (χ2n) is 4.34. The predicted octanol–water partition coefficient (Wildman–Crippen LogP) is 1.91. The molecule has 2 aromatic rings. The van der Waals surface area contributed by atoms with Gasteiger partial charge in [-0.3, -0.25) is 0 Å². The van der Waals surface area contributed by atoms with Crippen LogP contribution in [0.2, 0.25) is 0 Å². The fourth-order valence-electron chi connectivity index (χ4n) is 1.82. The SMILES string of the molecule is COCCNCC/C=C/c1cnnn1-c1ccccc1. The Labute approximate surface area is 119 Å². The molecule has 0 aliphatic heterocycles. The number of aromatic nitrogens is 3. The molecule has 0 aliphatic rings. The third-order valence-electron chi connectivity index (χ3n) is 2.84. The molecular formula is C15H20N4O. The first-order valence-corrected chi connectivity index (χ1v) is 6.74. The van der Waals surface area contributed by atoms with Gasteiger partial charge >= 0.3 is 0 Å². The van der Waals surface area contributed by atoms with Gasteiger partial charge in [0.25, 0.3) is 0 Å². The molecule has 106 valence electrons. The Morgan fingerprint density at radius 3 is 2.90 bits per heavy atom. The van der Waals surface area contributed by atoms with Crippen molar-refractivity contribution in [2.24, 2.45) is 0 Å². The highest BCUT2D eigenvalue weighted by molar-refractivity contribution is 5.47. The van der Waals surface area contributed by atoms with Gasteiger partial charge in [-0.2, -0.15) is 0 Å². The summed E-state index contributed by atoms with van der Waals surface area (Å²) >= 11 is 0. The minimum absolute atomic E-state index is 0.744. The predicted molar refractivity (Wildman–Crippen MR) is 79.8 cm³/mol. The maximum atomic E-state index is 4.97. The largest absolute Gasteiger partial charge is 0.383 e. The van der Waals surface area contributed by atoms with E-state index in [1.165, 1.54) is 0 Å². The summed E-state index contributed by atoms with van der Waals surface area (Å²) in [4.78, 5) is 0. The summed E-state index contributed by atoms with van der Waals surface area (Å²) < 4.78 is 6.80. The molecule has 1 aromatic carbocycles. The van der Waals surface area contributed by atoms with Gasteiger partial charge in [0.15, 0.2) is 0 Å². The fraction of sp³-hybridized carbons (Fsp3) is 0.333. The zero-order valence-electron chi connectivity index (χ0n) is 11.7. The van der Waals surface area contributed by atoms with Crippen molar-refractivity contribution >= 4 is 6.08 Å². The van der Waals surface area contributed by atoms with Gasteiger partial charge in [0.2, 0.25) is 0 Å². The van der Waals surface area contributed by atoms with E-state index in [1.54, 1.807) is 13.3 Å². The average Bonchev–Trinajstić information content (AvgIpc) is 2.96. The molecule has 5 nitrogen and oxygen atoms in total. The molecular weight excluding hydrogens is 252 g/mol. The summed E-state index contributed by atoms with van der Waals surface area (Å²) in [5.74, 6) is 0. The molecule has 1 heterocycles. The van der Waals surface area contributed by atoms with Crippen LogP contribution in [0.3, 0.4) is 0 Å². The molecule has 2 rings (SSSR count). The highest BCUT2D eigenvalue weighted by Crippen LogP contribution is 2.09. The van der Waals surface area contributed by atoms with Crippen LogP contribution in [0.1, 0.15) is 12.1 Å².